The molecule has 21 heavy (non-hydrogen) atoms. The van der Waals surface area contributed by atoms with Crippen LogP contribution < -0.4 is 11.1 Å². The Morgan fingerprint density at radius 3 is 2.71 bits per heavy atom. The van der Waals surface area contributed by atoms with Gasteiger partial charge in [-0.1, -0.05) is 36.4 Å². The van der Waals surface area contributed by atoms with Crippen molar-refractivity contribution >= 4 is 47.1 Å². The lowest BCUT2D eigenvalue weighted by Gasteiger charge is -2.11. The lowest BCUT2D eigenvalue weighted by Crippen LogP contribution is -2.35. The molecule has 8 heteroatoms. The Labute approximate surface area is 138 Å². The molecule has 114 valence electrons. The number of hydrogen-bond acceptors (Lipinski definition) is 6. The number of rotatable bonds is 6. The van der Waals surface area contributed by atoms with E-state index in [9.17, 15) is 4.79 Å². The molecule has 1 atom stereocenters. The molecule has 2 rings (SSSR count). The second-order valence-corrected chi connectivity index (χ2v) is 6.37. The summed E-state index contributed by atoms with van der Waals surface area (Å²) in [6, 6.07) is 7.15. The Hall–Kier alpha value is -1.15. The third kappa shape index (κ3) is 5.62. The topological polar surface area (TPSA) is 80.9 Å². The number of benzene rings is 1. The monoisotopic (exact) mass is 344 g/mol. The molecule has 0 saturated carbocycles. The van der Waals surface area contributed by atoms with Gasteiger partial charge in [-0.15, -0.1) is 22.6 Å². The molecule has 1 amide bonds. The Morgan fingerprint density at radius 2 is 2.14 bits per heavy atom. The van der Waals surface area contributed by atoms with Crippen LogP contribution in [-0.4, -0.2) is 22.1 Å². The molecule has 2 aromatic rings. The summed E-state index contributed by atoms with van der Waals surface area (Å²) in [4.78, 5) is 12.8. The number of halogens is 1. The van der Waals surface area contributed by atoms with E-state index in [1.165, 1.54) is 11.3 Å². The van der Waals surface area contributed by atoms with Gasteiger partial charge in [0, 0.05) is 10.6 Å². The predicted octanol–water partition coefficient (Wildman–Crippen LogP) is 3.18. The number of nitrogens with two attached hydrogens (primary N) is 1. The molecule has 0 saturated heterocycles. The Bertz CT molecular complexity index is 548. The first-order valence-electron chi connectivity index (χ1n) is 6.29. The van der Waals surface area contributed by atoms with Crippen molar-refractivity contribution in [3.8, 4) is 0 Å². The van der Waals surface area contributed by atoms with Gasteiger partial charge < -0.3 is 11.1 Å². The molecular formula is C13H17ClN4OS2. The van der Waals surface area contributed by atoms with Gasteiger partial charge in [0.15, 0.2) is 4.34 Å². The maximum atomic E-state index is 11.8. The summed E-state index contributed by atoms with van der Waals surface area (Å²) >= 11 is 3.04. The number of carbonyl (C=O) groups excluding carboxylic acids is 1. The van der Waals surface area contributed by atoms with E-state index >= 15 is 0 Å². The van der Waals surface area contributed by atoms with E-state index in [1.807, 2.05) is 31.2 Å². The van der Waals surface area contributed by atoms with Gasteiger partial charge in [0.25, 0.3) is 0 Å². The summed E-state index contributed by atoms with van der Waals surface area (Å²) in [5.74, 6) is -0.142. The minimum Gasteiger partial charge on any atom is -0.325 e. The first-order valence-corrected chi connectivity index (χ1v) is 7.99. The van der Waals surface area contributed by atoms with Gasteiger partial charge in [-0.05, 0) is 30.7 Å². The van der Waals surface area contributed by atoms with Gasteiger partial charge in [-0.25, -0.2) is 0 Å². The van der Waals surface area contributed by atoms with Crippen molar-refractivity contribution in [2.75, 3.05) is 5.32 Å². The molecule has 0 aliphatic rings. The van der Waals surface area contributed by atoms with Crippen LogP contribution in [0, 0.1) is 0 Å². The number of nitrogens with one attached hydrogen (secondary N) is 1. The number of aromatic nitrogens is 2. The molecule has 0 spiro atoms. The van der Waals surface area contributed by atoms with Gasteiger partial charge in [0.05, 0.1) is 6.04 Å². The summed E-state index contributed by atoms with van der Waals surface area (Å²) in [6.07, 6.45) is 1.59. The average Bonchev–Trinajstić information content (AvgIpc) is 2.94. The first kappa shape index (κ1) is 17.9. The maximum Gasteiger partial charge on any atom is 0.241 e. The zero-order valence-corrected chi connectivity index (χ0v) is 13.9. The fourth-order valence-corrected chi connectivity index (χ4v) is 3.04. The zero-order valence-electron chi connectivity index (χ0n) is 11.5. The van der Waals surface area contributed by atoms with Crippen LogP contribution in [0.5, 0.6) is 0 Å². The number of anilines is 1. The van der Waals surface area contributed by atoms with Crippen molar-refractivity contribution in [2.24, 2.45) is 5.73 Å². The van der Waals surface area contributed by atoms with Crippen LogP contribution in [0.1, 0.15) is 19.8 Å². The van der Waals surface area contributed by atoms with Crippen LogP contribution in [0.3, 0.4) is 0 Å². The van der Waals surface area contributed by atoms with Crippen LogP contribution in [0.2, 0.25) is 0 Å². The molecule has 0 bridgehead atoms. The lowest BCUT2D eigenvalue weighted by molar-refractivity contribution is -0.117. The molecule has 1 aromatic carbocycles. The largest absolute Gasteiger partial charge is 0.325 e. The van der Waals surface area contributed by atoms with Gasteiger partial charge in [0.2, 0.25) is 5.91 Å². The van der Waals surface area contributed by atoms with Crippen molar-refractivity contribution < 1.29 is 4.79 Å². The van der Waals surface area contributed by atoms with Gasteiger partial charge >= 0.3 is 0 Å². The highest BCUT2D eigenvalue weighted by molar-refractivity contribution is 8.01. The number of nitrogens with zero attached hydrogens (tertiary/aromatic N) is 2. The maximum absolute atomic E-state index is 11.8. The van der Waals surface area contributed by atoms with E-state index < -0.39 is 6.04 Å². The van der Waals surface area contributed by atoms with E-state index in [0.29, 0.717) is 6.42 Å². The van der Waals surface area contributed by atoms with Crippen LogP contribution in [0.25, 0.3) is 0 Å². The smallest absolute Gasteiger partial charge is 0.241 e. The predicted molar refractivity (Wildman–Crippen MR) is 89.2 cm³/mol. The van der Waals surface area contributed by atoms with Crippen molar-refractivity contribution in [1.82, 2.24) is 10.2 Å². The quantitative estimate of drug-likeness (QED) is 0.841. The van der Waals surface area contributed by atoms with Crippen molar-refractivity contribution in [3.05, 3.63) is 29.8 Å². The highest BCUT2D eigenvalue weighted by Gasteiger charge is 2.12. The van der Waals surface area contributed by atoms with E-state index in [0.717, 1.165) is 21.3 Å². The van der Waals surface area contributed by atoms with Crippen LogP contribution in [0.4, 0.5) is 5.69 Å². The number of carbonyl (C=O) groups is 1. The number of amides is 1. The third-order valence-electron chi connectivity index (χ3n) is 2.60. The molecule has 5 nitrogen and oxygen atoms in total. The molecule has 0 radical (unpaired) electrons. The number of hydrogen-bond donors (Lipinski definition) is 2. The molecule has 1 unspecified atom stereocenters. The fourth-order valence-electron chi connectivity index (χ4n) is 1.59. The summed E-state index contributed by atoms with van der Waals surface area (Å²) in [7, 11) is 0. The van der Waals surface area contributed by atoms with Crippen molar-refractivity contribution in [1.29, 1.82) is 0 Å². The van der Waals surface area contributed by atoms with Gasteiger partial charge in [-0.3, -0.25) is 4.79 Å². The molecule has 0 fully saturated rings. The van der Waals surface area contributed by atoms with Gasteiger partial charge in [-0.2, -0.15) is 0 Å². The normalized spacial score (nSPS) is 11.5. The van der Waals surface area contributed by atoms with Crippen LogP contribution in [-0.2, 0) is 4.79 Å². The Balaban J connectivity index is 0.00000220. The van der Waals surface area contributed by atoms with Crippen molar-refractivity contribution in [3.63, 3.8) is 0 Å². The lowest BCUT2D eigenvalue weighted by atomic mass is 10.1. The summed E-state index contributed by atoms with van der Waals surface area (Å²) in [5, 5.41) is 10.6. The summed E-state index contributed by atoms with van der Waals surface area (Å²) < 4.78 is 0.895. The molecule has 0 aliphatic heterocycles. The summed E-state index contributed by atoms with van der Waals surface area (Å²) in [6.45, 7) is 2.01. The SMILES string of the molecule is CCCC(N)C(=O)Nc1ccc(Sc2nncs2)cc1.Cl. The standard InChI is InChI=1S/C13H16N4OS2.ClH/c1-2-3-11(14)12(18)16-9-4-6-10(7-5-9)20-13-17-15-8-19-13;/h4-8,11H,2-3,14H2,1H3,(H,16,18);1H. The summed E-state index contributed by atoms with van der Waals surface area (Å²) in [5.41, 5.74) is 8.22. The average molecular weight is 345 g/mol. The minimum atomic E-state index is -0.449. The second kappa shape index (κ2) is 8.99. The molecule has 0 aliphatic carbocycles. The molecule has 1 aromatic heterocycles. The highest BCUT2D eigenvalue weighted by atomic mass is 35.5. The second-order valence-electron chi connectivity index (χ2n) is 4.22. The Morgan fingerprint density at radius 1 is 1.43 bits per heavy atom. The van der Waals surface area contributed by atoms with E-state index in [2.05, 4.69) is 15.5 Å². The van der Waals surface area contributed by atoms with Crippen LogP contribution in [0.15, 0.2) is 39.0 Å². The van der Waals surface area contributed by atoms with Crippen LogP contribution >= 0.6 is 35.5 Å². The first-order chi connectivity index (χ1) is 9.69. The Kier molecular flexibility index (Phi) is 7.66. The highest BCUT2D eigenvalue weighted by Crippen LogP contribution is 2.29. The van der Waals surface area contributed by atoms with Crippen molar-refractivity contribution in [2.45, 2.75) is 35.0 Å². The fraction of sp³-hybridized carbons (Fsp3) is 0.308. The van der Waals surface area contributed by atoms with E-state index in [4.69, 9.17) is 5.73 Å². The van der Waals surface area contributed by atoms with Gasteiger partial charge in [0.1, 0.15) is 5.51 Å². The van der Waals surface area contributed by atoms with E-state index in [1.54, 1.807) is 17.3 Å². The third-order valence-corrected chi connectivity index (χ3v) is 4.39. The molecule has 1 heterocycles. The minimum absolute atomic E-state index is 0. The zero-order chi connectivity index (χ0) is 14.4. The molecular weight excluding hydrogens is 328 g/mol. The van der Waals surface area contributed by atoms with E-state index in [-0.39, 0.29) is 18.3 Å². The molecule has 3 N–H and O–H groups in total.